The second-order valence-corrected chi connectivity index (χ2v) is 4.61. The molecule has 80 valence electrons. The topological polar surface area (TPSA) is 48.5 Å². The van der Waals surface area contributed by atoms with E-state index < -0.39 is 0 Å². The summed E-state index contributed by atoms with van der Waals surface area (Å²) in [5, 5.41) is 8.13. The molecular formula is C10H8IN5. The average molecular weight is 325 g/mol. The highest BCUT2D eigenvalue weighted by molar-refractivity contribution is 14.1. The van der Waals surface area contributed by atoms with Crippen molar-refractivity contribution < 1.29 is 0 Å². The monoisotopic (exact) mass is 325 g/mol. The summed E-state index contributed by atoms with van der Waals surface area (Å²) >= 11 is 2.28. The first kappa shape index (κ1) is 9.76. The summed E-state index contributed by atoms with van der Waals surface area (Å²) < 4.78 is 3.19. The maximum Gasteiger partial charge on any atom is 0.175 e. The molecule has 0 amide bonds. The Labute approximate surface area is 105 Å². The number of aryl methyl sites for hydroxylation is 1. The zero-order chi connectivity index (χ0) is 11.1. The number of hydrogen-bond acceptors (Lipinski definition) is 3. The lowest BCUT2D eigenvalue weighted by Gasteiger charge is -1.99. The van der Waals surface area contributed by atoms with Crippen LogP contribution in [-0.4, -0.2) is 24.5 Å². The van der Waals surface area contributed by atoms with E-state index in [0.717, 1.165) is 20.4 Å². The van der Waals surface area contributed by atoms with Crippen molar-refractivity contribution in [3.8, 4) is 5.82 Å². The summed E-state index contributed by atoms with van der Waals surface area (Å²) in [6.07, 6.45) is 5.34. The highest BCUT2D eigenvalue weighted by Crippen LogP contribution is 2.21. The Bertz CT molecular complexity index is 641. The lowest BCUT2D eigenvalue weighted by Crippen LogP contribution is -2.01. The van der Waals surface area contributed by atoms with Crippen molar-refractivity contribution in [3.63, 3.8) is 0 Å². The van der Waals surface area contributed by atoms with Crippen LogP contribution in [0.25, 0.3) is 16.9 Å². The molecule has 3 aromatic heterocycles. The minimum atomic E-state index is 0.738. The SMILES string of the molecule is Cn1cc(I)c2nc(-n3nccn3)ccc21. The molecule has 0 unspecified atom stereocenters. The van der Waals surface area contributed by atoms with Gasteiger partial charge >= 0.3 is 0 Å². The summed E-state index contributed by atoms with van der Waals surface area (Å²) in [6.45, 7) is 0. The molecule has 3 aromatic rings. The van der Waals surface area contributed by atoms with Crippen molar-refractivity contribution in [2.24, 2.45) is 7.05 Å². The number of rotatable bonds is 1. The highest BCUT2D eigenvalue weighted by Gasteiger charge is 2.07. The van der Waals surface area contributed by atoms with Gasteiger partial charge in [-0.05, 0) is 34.7 Å². The maximum absolute atomic E-state index is 4.55. The first-order valence-corrected chi connectivity index (χ1v) is 5.82. The number of nitrogens with zero attached hydrogens (tertiary/aromatic N) is 5. The van der Waals surface area contributed by atoms with Gasteiger partial charge in [0, 0.05) is 13.2 Å². The standard InChI is InChI=1S/C10H8IN5/c1-15-6-7(11)10-8(15)2-3-9(14-10)16-12-4-5-13-16/h2-6H,1H3. The fraction of sp³-hybridized carbons (Fsp3) is 0.100. The Morgan fingerprint density at radius 1 is 1.19 bits per heavy atom. The minimum absolute atomic E-state index is 0.738. The Hall–Kier alpha value is -1.44. The predicted octanol–water partition coefficient (Wildman–Crippen LogP) is 1.76. The third-order valence-electron chi connectivity index (χ3n) is 2.40. The van der Waals surface area contributed by atoms with E-state index in [-0.39, 0.29) is 0 Å². The van der Waals surface area contributed by atoms with Gasteiger partial charge in [0.15, 0.2) is 5.82 Å². The number of aromatic nitrogens is 5. The van der Waals surface area contributed by atoms with Crippen molar-refractivity contribution in [2.75, 3.05) is 0 Å². The van der Waals surface area contributed by atoms with Crippen molar-refractivity contribution in [1.82, 2.24) is 24.5 Å². The molecule has 0 saturated carbocycles. The Morgan fingerprint density at radius 2 is 1.94 bits per heavy atom. The van der Waals surface area contributed by atoms with Crippen LogP contribution in [0.5, 0.6) is 0 Å². The van der Waals surface area contributed by atoms with Crippen LogP contribution in [0.4, 0.5) is 0 Å². The van der Waals surface area contributed by atoms with Crippen LogP contribution >= 0.6 is 22.6 Å². The Kier molecular flexibility index (Phi) is 2.16. The second kappa shape index (κ2) is 3.55. The Morgan fingerprint density at radius 3 is 2.69 bits per heavy atom. The summed E-state index contributed by atoms with van der Waals surface area (Å²) in [4.78, 5) is 6.06. The van der Waals surface area contributed by atoms with Gasteiger partial charge in [0.2, 0.25) is 0 Å². The highest BCUT2D eigenvalue weighted by atomic mass is 127. The molecule has 0 bridgehead atoms. The number of fused-ring (bicyclic) bond motifs is 1. The fourth-order valence-electron chi connectivity index (χ4n) is 1.65. The van der Waals surface area contributed by atoms with E-state index >= 15 is 0 Å². The fourth-order valence-corrected chi connectivity index (χ4v) is 2.46. The van der Waals surface area contributed by atoms with Crippen LogP contribution in [0.3, 0.4) is 0 Å². The normalized spacial score (nSPS) is 11.1. The summed E-state index contributed by atoms with van der Waals surface area (Å²) in [7, 11) is 2.01. The van der Waals surface area contributed by atoms with E-state index in [9.17, 15) is 0 Å². The molecule has 0 aliphatic rings. The van der Waals surface area contributed by atoms with Gasteiger partial charge in [-0.3, -0.25) is 0 Å². The zero-order valence-corrected chi connectivity index (χ0v) is 10.7. The number of hydrogen-bond donors (Lipinski definition) is 0. The predicted molar refractivity (Wildman–Crippen MR) is 68.3 cm³/mol. The molecule has 0 fully saturated rings. The molecule has 0 aliphatic heterocycles. The third kappa shape index (κ3) is 1.41. The molecule has 6 heteroatoms. The molecule has 0 atom stereocenters. The Balaban J connectivity index is 2.27. The molecule has 16 heavy (non-hydrogen) atoms. The molecule has 3 heterocycles. The van der Waals surface area contributed by atoms with Crippen LogP contribution in [0.1, 0.15) is 0 Å². The van der Waals surface area contributed by atoms with E-state index in [1.54, 1.807) is 12.4 Å². The maximum atomic E-state index is 4.55. The van der Waals surface area contributed by atoms with E-state index in [1.165, 1.54) is 4.80 Å². The van der Waals surface area contributed by atoms with Crippen molar-refractivity contribution in [2.45, 2.75) is 0 Å². The van der Waals surface area contributed by atoms with Crippen LogP contribution in [0.15, 0.2) is 30.7 Å². The lowest BCUT2D eigenvalue weighted by molar-refractivity contribution is 0.732. The largest absolute Gasteiger partial charge is 0.348 e. The van der Waals surface area contributed by atoms with Gasteiger partial charge in [-0.15, -0.1) is 4.80 Å². The molecular weight excluding hydrogens is 317 g/mol. The van der Waals surface area contributed by atoms with Crippen molar-refractivity contribution >= 4 is 33.6 Å². The van der Waals surface area contributed by atoms with E-state index in [1.807, 2.05) is 19.2 Å². The number of pyridine rings is 1. The molecule has 5 nitrogen and oxygen atoms in total. The minimum Gasteiger partial charge on any atom is -0.348 e. The van der Waals surface area contributed by atoms with E-state index in [4.69, 9.17) is 0 Å². The molecule has 0 aliphatic carbocycles. The zero-order valence-electron chi connectivity index (χ0n) is 8.50. The number of halogens is 1. The summed E-state index contributed by atoms with van der Waals surface area (Å²) in [6, 6.07) is 3.95. The molecule has 0 N–H and O–H groups in total. The van der Waals surface area contributed by atoms with E-state index in [2.05, 4.69) is 48.5 Å². The molecule has 3 rings (SSSR count). The van der Waals surface area contributed by atoms with Crippen LogP contribution < -0.4 is 0 Å². The first-order valence-electron chi connectivity index (χ1n) is 4.74. The molecule has 0 aromatic carbocycles. The van der Waals surface area contributed by atoms with Gasteiger partial charge in [-0.25, -0.2) is 4.98 Å². The first-order chi connectivity index (χ1) is 7.75. The van der Waals surface area contributed by atoms with Gasteiger partial charge in [0.05, 0.1) is 21.5 Å². The van der Waals surface area contributed by atoms with E-state index in [0.29, 0.717) is 0 Å². The van der Waals surface area contributed by atoms with Gasteiger partial charge in [-0.2, -0.15) is 10.2 Å². The quantitative estimate of drug-likeness (QED) is 0.641. The van der Waals surface area contributed by atoms with Gasteiger partial charge in [0.1, 0.15) is 5.52 Å². The third-order valence-corrected chi connectivity index (χ3v) is 3.19. The van der Waals surface area contributed by atoms with Gasteiger partial charge in [-0.1, -0.05) is 0 Å². The van der Waals surface area contributed by atoms with Crippen LogP contribution in [0, 0.1) is 3.57 Å². The van der Waals surface area contributed by atoms with Crippen molar-refractivity contribution in [3.05, 3.63) is 34.3 Å². The molecule has 0 radical (unpaired) electrons. The second-order valence-electron chi connectivity index (χ2n) is 3.44. The lowest BCUT2D eigenvalue weighted by atomic mass is 10.4. The summed E-state index contributed by atoms with van der Waals surface area (Å²) in [5.74, 6) is 0.738. The van der Waals surface area contributed by atoms with Gasteiger partial charge in [0.25, 0.3) is 0 Å². The summed E-state index contributed by atoms with van der Waals surface area (Å²) in [5.41, 5.74) is 2.10. The van der Waals surface area contributed by atoms with Crippen molar-refractivity contribution in [1.29, 1.82) is 0 Å². The smallest absolute Gasteiger partial charge is 0.175 e. The van der Waals surface area contributed by atoms with Crippen LogP contribution in [-0.2, 0) is 7.05 Å². The average Bonchev–Trinajstić information content (AvgIpc) is 2.88. The van der Waals surface area contributed by atoms with Crippen LogP contribution in [0.2, 0.25) is 0 Å². The molecule has 0 saturated heterocycles. The van der Waals surface area contributed by atoms with Gasteiger partial charge < -0.3 is 4.57 Å². The molecule has 0 spiro atoms.